The predicted octanol–water partition coefficient (Wildman–Crippen LogP) is 4.27. The van der Waals surface area contributed by atoms with Crippen LogP contribution < -0.4 is 0 Å². The van der Waals surface area contributed by atoms with Gasteiger partial charge in [0.25, 0.3) is 0 Å². The van der Waals surface area contributed by atoms with E-state index in [2.05, 4.69) is 13.0 Å². The molecule has 0 aromatic heterocycles. The van der Waals surface area contributed by atoms with Crippen molar-refractivity contribution in [2.45, 2.75) is 64.7 Å². The average Bonchev–Trinajstić information content (AvgIpc) is 2.77. The Morgan fingerprint density at radius 2 is 1.94 bits per heavy atom. The second-order valence-corrected chi connectivity index (χ2v) is 8.00. The first kappa shape index (κ1) is 11.3. The molecule has 1 heteroatoms. The summed E-state index contributed by atoms with van der Waals surface area (Å²) in [4.78, 5) is 13.0. The topological polar surface area (TPSA) is 17.1 Å². The van der Waals surface area contributed by atoms with Crippen LogP contribution in [0.2, 0.25) is 0 Å². The molecule has 4 saturated carbocycles. The minimum absolute atomic E-state index is 0.0784. The number of ketones is 1. The second kappa shape index (κ2) is 3.49. The van der Waals surface area contributed by atoms with Gasteiger partial charge in [0.15, 0.2) is 5.78 Å². The molecule has 0 N–H and O–H groups in total. The Bertz CT molecular complexity index is 417. The molecule has 4 fully saturated rings. The van der Waals surface area contributed by atoms with Crippen LogP contribution in [0.4, 0.5) is 0 Å². The highest BCUT2D eigenvalue weighted by atomic mass is 16.1. The highest BCUT2D eigenvalue weighted by Crippen LogP contribution is 2.65. The molecule has 0 aliphatic heterocycles. The molecule has 0 aromatic rings. The number of allylic oxidation sites excluding steroid dienone is 2. The first-order chi connectivity index (χ1) is 8.59. The summed E-state index contributed by atoms with van der Waals surface area (Å²) in [5.74, 6) is 2.30. The maximum atomic E-state index is 13.0. The number of hydrogen-bond acceptors (Lipinski definition) is 1. The van der Waals surface area contributed by atoms with Crippen molar-refractivity contribution < 1.29 is 4.79 Å². The molecule has 2 atom stereocenters. The van der Waals surface area contributed by atoms with Crippen LogP contribution >= 0.6 is 0 Å². The van der Waals surface area contributed by atoms with Gasteiger partial charge in [-0.05, 0) is 80.6 Å². The van der Waals surface area contributed by atoms with Crippen molar-refractivity contribution >= 4 is 5.78 Å². The van der Waals surface area contributed by atoms with E-state index in [1.54, 1.807) is 0 Å². The van der Waals surface area contributed by atoms with Crippen LogP contribution in [0.1, 0.15) is 64.7 Å². The van der Waals surface area contributed by atoms with Gasteiger partial charge in [-0.3, -0.25) is 4.79 Å². The second-order valence-electron chi connectivity index (χ2n) is 8.00. The van der Waals surface area contributed by atoms with Gasteiger partial charge in [-0.25, -0.2) is 0 Å². The van der Waals surface area contributed by atoms with Gasteiger partial charge in [-0.15, -0.1) is 0 Å². The summed E-state index contributed by atoms with van der Waals surface area (Å²) in [7, 11) is 0. The minimum atomic E-state index is 0.0784. The quantitative estimate of drug-likeness (QED) is 0.709. The number of hydrogen-bond donors (Lipinski definition) is 0. The van der Waals surface area contributed by atoms with E-state index in [1.807, 2.05) is 0 Å². The molecule has 0 radical (unpaired) electrons. The number of rotatable bonds is 2. The third-order valence-electron chi connectivity index (χ3n) is 6.17. The molecule has 0 heterocycles. The van der Waals surface area contributed by atoms with E-state index < -0.39 is 0 Å². The summed E-state index contributed by atoms with van der Waals surface area (Å²) in [5.41, 5.74) is 1.77. The third-order valence-corrected chi connectivity index (χ3v) is 6.17. The van der Waals surface area contributed by atoms with Crippen molar-refractivity contribution in [3.63, 3.8) is 0 Å². The lowest BCUT2D eigenvalue weighted by atomic mass is 9.43. The van der Waals surface area contributed by atoms with Crippen LogP contribution in [0.3, 0.4) is 0 Å². The SMILES string of the molecule is CC12CC3CC(C1)CC(C(=O)C1=CCCC1)(C3)C2. The van der Waals surface area contributed by atoms with Crippen LogP contribution in [0.5, 0.6) is 0 Å². The Morgan fingerprint density at radius 3 is 2.50 bits per heavy atom. The van der Waals surface area contributed by atoms with E-state index >= 15 is 0 Å². The van der Waals surface area contributed by atoms with Crippen molar-refractivity contribution in [3.05, 3.63) is 11.6 Å². The Labute approximate surface area is 110 Å². The fourth-order valence-electron chi connectivity index (χ4n) is 6.20. The van der Waals surface area contributed by atoms with Crippen LogP contribution in [-0.2, 0) is 4.79 Å². The van der Waals surface area contributed by atoms with Gasteiger partial charge in [-0.1, -0.05) is 13.0 Å². The number of carbonyl (C=O) groups excluding carboxylic acids is 1. The van der Waals surface area contributed by atoms with Gasteiger partial charge in [0.05, 0.1) is 0 Å². The van der Waals surface area contributed by atoms with E-state index in [4.69, 9.17) is 0 Å². The number of carbonyl (C=O) groups is 1. The lowest BCUT2D eigenvalue weighted by Crippen LogP contribution is -2.54. The van der Waals surface area contributed by atoms with Crippen LogP contribution in [-0.4, -0.2) is 5.78 Å². The zero-order chi connectivity index (χ0) is 12.4. The lowest BCUT2D eigenvalue weighted by molar-refractivity contribution is -0.149. The highest BCUT2D eigenvalue weighted by molar-refractivity contribution is 6.00. The molecule has 0 aromatic carbocycles. The first-order valence-electron chi connectivity index (χ1n) is 7.83. The van der Waals surface area contributed by atoms with Crippen LogP contribution in [0.15, 0.2) is 11.6 Å². The van der Waals surface area contributed by atoms with E-state index in [0.29, 0.717) is 11.2 Å². The normalized spacial score (nSPS) is 49.5. The van der Waals surface area contributed by atoms with Crippen molar-refractivity contribution in [1.82, 2.24) is 0 Å². The molecule has 5 aliphatic rings. The Hall–Kier alpha value is -0.590. The van der Waals surface area contributed by atoms with E-state index in [-0.39, 0.29) is 5.41 Å². The Kier molecular flexibility index (Phi) is 2.18. The van der Waals surface area contributed by atoms with Crippen molar-refractivity contribution in [2.24, 2.45) is 22.7 Å². The van der Waals surface area contributed by atoms with E-state index in [1.165, 1.54) is 50.5 Å². The van der Waals surface area contributed by atoms with Gasteiger partial charge in [0.1, 0.15) is 0 Å². The molecule has 0 amide bonds. The molecule has 4 bridgehead atoms. The molecular weight excluding hydrogens is 220 g/mol. The fraction of sp³-hybridized carbons (Fsp3) is 0.824. The summed E-state index contributed by atoms with van der Waals surface area (Å²) < 4.78 is 0. The maximum absolute atomic E-state index is 13.0. The predicted molar refractivity (Wildman–Crippen MR) is 72.2 cm³/mol. The van der Waals surface area contributed by atoms with E-state index in [0.717, 1.165) is 24.7 Å². The molecule has 98 valence electrons. The van der Waals surface area contributed by atoms with Crippen molar-refractivity contribution in [3.8, 4) is 0 Å². The molecule has 0 saturated heterocycles. The fourth-order valence-corrected chi connectivity index (χ4v) is 6.20. The summed E-state index contributed by atoms with van der Waals surface area (Å²) >= 11 is 0. The Balaban J connectivity index is 1.69. The van der Waals surface area contributed by atoms with Crippen LogP contribution in [0.25, 0.3) is 0 Å². The third kappa shape index (κ3) is 1.49. The first-order valence-corrected chi connectivity index (χ1v) is 7.83. The monoisotopic (exact) mass is 244 g/mol. The van der Waals surface area contributed by atoms with Crippen LogP contribution in [0, 0.1) is 22.7 Å². The van der Waals surface area contributed by atoms with Gasteiger partial charge in [-0.2, -0.15) is 0 Å². The molecule has 18 heavy (non-hydrogen) atoms. The van der Waals surface area contributed by atoms with Crippen molar-refractivity contribution in [1.29, 1.82) is 0 Å². The molecule has 2 unspecified atom stereocenters. The number of Topliss-reactive ketones (excluding diaryl/α,β-unsaturated/α-hetero) is 1. The van der Waals surface area contributed by atoms with Crippen molar-refractivity contribution in [2.75, 3.05) is 0 Å². The van der Waals surface area contributed by atoms with E-state index in [9.17, 15) is 4.79 Å². The molecule has 1 nitrogen and oxygen atoms in total. The van der Waals surface area contributed by atoms with Gasteiger partial charge in [0.2, 0.25) is 0 Å². The lowest BCUT2D eigenvalue weighted by Gasteiger charge is -2.60. The summed E-state index contributed by atoms with van der Waals surface area (Å²) in [6.45, 7) is 2.45. The maximum Gasteiger partial charge on any atom is 0.164 e. The zero-order valence-corrected chi connectivity index (χ0v) is 11.5. The standard InChI is InChI=1S/C17H24O/c1-16-7-12-6-13(8-16)10-17(9-12,11-16)15(18)14-4-2-3-5-14/h4,12-13H,2-3,5-11H2,1H3. The minimum Gasteiger partial charge on any atom is -0.294 e. The van der Waals surface area contributed by atoms with Gasteiger partial charge >= 0.3 is 0 Å². The highest BCUT2D eigenvalue weighted by Gasteiger charge is 2.58. The zero-order valence-electron chi connectivity index (χ0n) is 11.5. The Morgan fingerprint density at radius 1 is 1.22 bits per heavy atom. The molecule has 0 spiro atoms. The summed E-state index contributed by atoms with van der Waals surface area (Å²) in [5, 5.41) is 0. The average molecular weight is 244 g/mol. The smallest absolute Gasteiger partial charge is 0.164 e. The van der Waals surface area contributed by atoms with Gasteiger partial charge in [0, 0.05) is 5.41 Å². The summed E-state index contributed by atoms with van der Waals surface area (Å²) in [6.07, 6.45) is 13.5. The molecule has 5 rings (SSSR count). The summed E-state index contributed by atoms with van der Waals surface area (Å²) in [6, 6.07) is 0. The molecular formula is C17H24O. The molecule has 5 aliphatic carbocycles. The largest absolute Gasteiger partial charge is 0.294 e. The van der Waals surface area contributed by atoms with Gasteiger partial charge < -0.3 is 0 Å².